The highest BCUT2D eigenvalue weighted by molar-refractivity contribution is 7.99. The predicted octanol–water partition coefficient (Wildman–Crippen LogP) is 4.65. The maximum Gasteiger partial charge on any atom is 0.230 e. The van der Waals surface area contributed by atoms with Crippen LogP contribution in [0.4, 0.5) is 0 Å². The normalized spacial score (nSPS) is 11.4. The van der Waals surface area contributed by atoms with E-state index in [9.17, 15) is 4.79 Å². The van der Waals surface area contributed by atoms with Crippen molar-refractivity contribution in [3.05, 3.63) is 28.8 Å². The number of nitrogens with zero attached hydrogens (tertiary/aromatic N) is 2. The Bertz CT molecular complexity index is 882. The molecule has 0 aliphatic carbocycles. The fraction of sp³-hybridized carbons (Fsp3) is 0.353. The molecule has 7 heteroatoms. The number of amides is 1. The summed E-state index contributed by atoms with van der Waals surface area (Å²) < 4.78 is 1.34. The van der Waals surface area contributed by atoms with Crippen molar-refractivity contribution in [2.75, 3.05) is 5.75 Å². The Balaban J connectivity index is 1.82. The molecule has 1 amide bonds. The first-order valence-electron chi connectivity index (χ1n) is 7.68. The van der Waals surface area contributed by atoms with Crippen molar-refractivity contribution < 1.29 is 4.79 Å². The van der Waals surface area contributed by atoms with Gasteiger partial charge in [0.1, 0.15) is 0 Å². The molecule has 0 aliphatic heterocycles. The number of thiophene rings is 2. The third-order valence-corrected chi connectivity index (χ3v) is 6.90. The summed E-state index contributed by atoms with van der Waals surface area (Å²) in [5.74, 6) is 0.339. The van der Waals surface area contributed by atoms with Crippen LogP contribution in [0, 0.1) is 13.8 Å². The maximum absolute atomic E-state index is 11.8. The number of carbonyl (C=O) groups excluding carboxylic acids is 1. The van der Waals surface area contributed by atoms with Crippen LogP contribution in [0.3, 0.4) is 0 Å². The smallest absolute Gasteiger partial charge is 0.230 e. The first-order chi connectivity index (χ1) is 11.5. The molecule has 0 aliphatic rings. The summed E-state index contributed by atoms with van der Waals surface area (Å²) in [5.41, 5.74) is 3.53. The minimum atomic E-state index is 0.00689. The van der Waals surface area contributed by atoms with Crippen molar-refractivity contribution in [3.8, 4) is 10.6 Å². The average molecular weight is 378 g/mol. The number of aromatic nitrogens is 2. The van der Waals surface area contributed by atoms with Crippen molar-refractivity contribution in [1.82, 2.24) is 15.3 Å². The molecule has 0 fully saturated rings. The van der Waals surface area contributed by atoms with Gasteiger partial charge in [-0.1, -0.05) is 11.8 Å². The molecular formula is C17H19N3OS3. The summed E-state index contributed by atoms with van der Waals surface area (Å²) in [4.78, 5) is 21.9. The lowest BCUT2D eigenvalue weighted by Crippen LogP contribution is -2.31. The van der Waals surface area contributed by atoms with Crippen molar-refractivity contribution in [2.45, 2.75) is 38.9 Å². The van der Waals surface area contributed by atoms with Gasteiger partial charge in [0.05, 0.1) is 20.3 Å². The lowest BCUT2D eigenvalue weighted by atomic mass is 10.1. The van der Waals surface area contributed by atoms with E-state index in [0.29, 0.717) is 10.9 Å². The molecule has 0 bridgehead atoms. The van der Waals surface area contributed by atoms with Crippen LogP contribution < -0.4 is 5.32 Å². The molecule has 0 atom stereocenters. The van der Waals surface area contributed by atoms with E-state index in [1.807, 2.05) is 19.9 Å². The van der Waals surface area contributed by atoms with Crippen LogP contribution in [-0.4, -0.2) is 27.7 Å². The van der Waals surface area contributed by atoms with E-state index in [0.717, 1.165) is 5.69 Å². The largest absolute Gasteiger partial charge is 0.353 e. The molecule has 0 spiro atoms. The van der Waals surface area contributed by atoms with Gasteiger partial charge in [-0.2, -0.15) is 0 Å². The second-order valence-corrected chi connectivity index (χ2v) is 8.97. The highest BCUT2D eigenvalue weighted by Crippen LogP contribution is 2.42. The lowest BCUT2D eigenvalue weighted by Gasteiger charge is -2.07. The molecule has 3 heterocycles. The molecule has 0 saturated carbocycles. The van der Waals surface area contributed by atoms with E-state index < -0.39 is 0 Å². The first-order valence-corrected chi connectivity index (χ1v) is 10.4. The fourth-order valence-corrected chi connectivity index (χ4v) is 5.64. The SMILES string of the molecule is Cc1csc2sc(-c3ccnc(SCC(=O)NC(C)C)n3)c(C)c12. The number of nitrogens with one attached hydrogen (secondary N) is 1. The Hall–Kier alpha value is -1.44. The van der Waals surface area contributed by atoms with E-state index in [-0.39, 0.29) is 11.9 Å². The zero-order chi connectivity index (χ0) is 17.3. The Morgan fingerprint density at radius 1 is 1.38 bits per heavy atom. The molecule has 0 aromatic carbocycles. The molecule has 3 rings (SSSR count). The summed E-state index contributed by atoms with van der Waals surface area (Å²) in [6.07, 6.45) is 1.77. The minimum absolute atomic E-state index is 0.00689. The van der Waals surface area contributed by atoms with Crippen LogP contribution >= 0.6 is 34.4 Å². The van der Waals surface area contributed by atoms with Gasteiger partial charge in [-0.25, -0.2) is 9.97 Å². The number of rotatable bonds is 5. The number of fused-ring (bicyclic) bond motifs is 1. The van der Waals surface area contributed by atoms with Crippen molar-refractivity contribution >= 4 is 49.7 Å². The molecular weight excluding hydrogens is 358 g/mol. The highest BCUT2D eigenvalue weighted by atomic mass is 32.2. The molecule has 3 aromatic heterocycles. The third-order valence-electron chi connectivity index (χ3n) is 3.50. The van der Waals surface area contributed by atoms with E-state index in [4.69, 9.17) is 0 Å². The zero-order valence-electron chi connectivity index (χ0n) is 14.0. The van der Waals surface area contributed by atoms with Gasteiger partial charge in [0.15, 0.2) is 5.16 Å². The van der Waals surface area contributed by atoms with Crippen molar-refractivity contribution in [2.24, 2.45) is 0 Å². The van der Waals surface area contributed by atoms with Crippen LogP contribution in [0.1, 0.15) is 25.0 Å². The van der Waals surface area contributed by atoms with Gasteiger partial charge in [0.2, 0.25) is 5.91 Å². The van der Waals surface area contributed by atoms with Crippen LogP contribution in [0.25, 0.3) is 20.0 Å². The van der Waals surface area contributed by atoms with Crippen LogP contribution in [-0.2, 0) is 4.79 Å². The standard InChI is InChI=1S/C17H19N3OS3/c1-9(2)19-13(21)8-23-17-18-6-5-12(20-17)15-11(4)14-10(3)7-22-16(14)24-15/h5-7,9H,8H2,1-4H3,(H,19,21). The zero-order valence-corrected chi connectivity index (χ0v) is 16.5. The average Bonchev–Trinajstić information content (AvgIpc) is 3.06. The topological polar surface area (TPSA) is 54.9 Å². The molecule has 0 radical (unpaired) electrons. The summed E-state index contributed by atoms with van der Waals surface area (Å²) in [7, 11) is 0. The van der Waals surface area contributed by atoms with Crippen molar-refractivity contribution in [3.63, 3.8) is 0 Å². The van der Waals surface area contributed by atoms with E-state index in [1.165, 1.54) is 37.2 Å². The Kier molecular flexibility index (Phi) is 5.22. The summed E-state index contributed by atoms with van der Waals surface area (Å²) >= 11 is 4.93. The van der Waals surface area contributed by atoms with Gasteiger partial charge in [0, 0.05) is 17.6 Å². The number of thioether (sulfide) groups is 1. The monoisotopic (exact) mass is 377 g/mol. The summed E-state index contributed by atoms with van der Waals surface area (Å²) in [5, 5.41) is 7.07. The number of aryl methyl sites for hydroxylation is 2. The minimum Gasteiger partial charge on any atom is -0.353 e. The molecule has 3 aromatic rings. The lowest BCUT2D eigenvalue weighted by molar-refractivity contribution is -0.119. The number of hydrogen-bond acceptors (Lipinski definition) is 6. The maximum atomic E-state index is 11.8. The quantitative estimate of drug-likeness (QED) is 0.519. The van der Waals surface area contributed by atoms with E-state index in [2.05, 4.69) is 34.5 Å². The van der Waals surface area contributed by atoms with Gasteiger partial charge >= 0.3 is 0 Å². The highest BCUT2D eigenvalue weighted by Gasteiger charge is 2.15. The van der Waals surface area contributed by atoms with Gasteiger partial charge in [-0.15, -0.1) is 22.7 Å². The second-order valence-electron chi connectivity index (χ2n) is 5.87. The molecule has 0 saturated heterocycles. The van der Waals surface area contributed by atoms with E-state index >= 15 is 0 Å². The second kappa shape index (κ2) is 7.21. The molecule has 1 N–H and O–H groups in total. The number of hydrogen-bond donors (Lipinski definition) is 1. The first kappa shape index (κ1) is 17.4. The fourth-order valence-electron chi connectivity index (χ4n) is 2.50. The predicted molar refractivity (Wildman–Crippen MR) is 104 cm³/mol. The molecule has 0 unspecified atom stereocenters. The Labute approximate surface area is 153 Å². The van der Waals surface area contributed by atoms with E-state index in [1.54, 1.807) is 28.9 Å². The summed E-state index contributed by atoms with van der Waals surface area (Å²) in [6.45, 7) is 8.20. The van der Waals surface area contributed by atoms with Gasteiger partial charge < -0.3 is 5.32 Å². The van der Waals surface area contributed by atoms with Gasteiger partial charge in [-0.05, 0) is 50.3 Å². The van der Waals surface area contributed by atoms with Gasteiger partial charge in [-0.3, -0.25) is 4.79 Å². The van der Waals surface area contributed by atoms with Crippen LogP contribution in [0.15, 0.2) is 22.8 Å². The summed E-state index contributed by atoms with van der Waals surface area (Å²) in [6, 6.07) is 2.09. The number of carbonyl (C=O) groups is 1. The molecule has 126 valence electrons. The Morgan fingerprint density at radius 2 is 2.17 bits per heavy atom. The molecule has 4 nitrogen and oxygen atoms in total. The van der Waals surface area contributed by atoms with Gasteiger partial charge in [0.25, 0.3) is 0 Å². The van der Waals surface area contributed by atoms with Crippen LogP contribution in [0.5, 0.6) is 0 Å². The molecule has 24 heavy (non-hydrogen) atoms. The van der Waals surface area contributed by atoms with Crippen molar-refractivity contribution in [1.29, 1.82) is 0 Å². The van der Waals surface area contributed by atoms with Crippen LogP contribution in [0.2, 0.25) is 0 Å². The Morgan fingerprint density at radius 3 is 2.88 bits per heavy atom. The third kappa shape index (κ3) is 3.63.